The summed E-state index contributed by atoms with van der Waals surface area (Å²) in [5, 5.41) is 8.52. The second-order valence-electron chi connectivity index (χ2n) is 1.57. The van der Waals surface area contributed by atoms with Gasteiger partial charge in [0.25, 0.3) is 0 Å². The van der Waals surface area contributed by atoms with Gasteiger partial charge in [0.15, 0.2) is 0 Å². The van der Waals surface area contributed by atoms with Crippen LogP contribution in [0.3, 0.4) is 0 Å². The Kier molecular flexibility index (Phi) is 4.41. The molecule has 0 radical (unpaired) electrons. The Morgan fingerprint density at radius 2 is 1.89 bits per heavy atom. The Bertz CT molecular complexity index is 150. The molecule has 0 saturated heterocycles. The summed E-state index contributed by atoms with van der Waals surface area (Å²) in [5.74, 6) is 0. The third kappa shape index (κ3) is 2.66. The van der Waals surface area contributed by atoms with Crippen LogP contribution < -0.4 is 0 Å². The van der Waals surface area contributed by atoms with Crippen molar-refractivity contribution in [3.05, 3.63) is 35.9 Å². The summed E-state index contributed by atoms with van der Waals surface area (Å²) in [6.07, 6.45) is 0. The minimum atomic E-state index is 0. The molecule has 1 nitrogen and oxygen atoms in total. The van der Waals surface area contributed by atoms with E-state index < -0.39 is 0 Å². The van der Waals surface area contributed by atoms with Gasteiger partial charge in [0.05, 0.1) is 0 Å². The molecule has 1 aromatic carbocycles. The summed E-state index contributed by atoms with van der Waals surface area (Å²) in [6.45, 7) is 0.120. The van der Waals surface area contributed by atoms with E-state index in [-0.39, 0.29) is 23.7 Å². The Hall–Kier alpha value is -0.301. The van der Waals surface area contributed by atoms with Crippen LogP contribution in [0.25, 0.3) is 0 Å². The SMILES string of the molecule is OCc1cc[c-]cc1.[Fe]. The van der Waals surface area contributed by atoms with Gasteiger partial charge in [-0.2, -0.15) is 30.3 Å². The van der Waals surface area contributed by atoms with Gasteiger partial charge in [0.2, 0.25) is 0 Å². The van der Waals surface area contributed by atoms with E-state index in [1.54, 1.807) is 12.1 Å². The van der Waals surface area contributed by atoms with Crippen LogP contribution in [0, 0.1) is 6.07 Å². The van der Waals surface area contributed by atoms with Crippen LogP contribution in [0.15, 0.2) is 24.3 Å². The standard InChI is InChI=1S/C7H7O.Fe/c8-6-7-4-2-1-3-5-7;/h2-5,8H,6H2;/q-1;. The van der Waals surface area contributed by atoms with Gasteiger partial charge < -0.3 is 5.11 Å². The predicted octanol–water partition coefficient (Wildman–Crippen LogP) is 0.977. The molecule has 0 fully saturated rings. The first-order valence-corrected chi connectivity index (χ1v) is 2.49. The summed E-state index contributed by atoms with van der Waals surface area (Å²) in [6, 6.07) is 10.1. The molecule has 0 atom stereocenters. The van der Waals surface area contributed by atoms with E-state index in [2.05, 4.69) is 6.07 Å². The molecule has 0 aromatic heterocycles. The molecule has 0 bridgehead atoms. The fraction of sp³-hybridized carbons (Fsp3) is 0.143. The van der Waals surface area contributed by atoms with Crippen LogP contribution in [0.1, 0.15) is 5.56 Å². The van der Waals surface area contributed by atoms with Crippen LogP contribution in [-0.4, -0.2) is 5.11 Å². The fourth-order valence-corrected chi connectivity index (χ4v) is 0.527. The molecule has 0 amide bonds. The quantitative estimate of drug-likeness (QED) is 0.483. The van der Waals surface area contributed by atoms with E-state index in [1.165, 1.54) is 0 Å². The molecule has 0 saturated carbocycles. The van der Waals surface area contributed by atoms with Crippen molar-refractivity contribution in [1.29, 1.82) is 0 Å². The summed E-state index contributed by atoms with van der Waals surface area (Å²) in [5.41, 5.74) is 0.934. The Labute approximate surface area is 65.2 Å². The van der Waals surface area contributed by atoms with Gasteiger partial charge in [-0.15, -0.1) is 5.56 Å². The zero-order valence-corrected chi connectivity index (χ0v) is 5.92. The van der Waals surface area contributed by atoms with E-state index >= 15 is 0 Å². The minimum Gasteiger partial charge on any atom is -0.394 e. The van der Waals surface area contributed by atoms with Gasteiger partial charge in [0, 0.05) is 23.7 Å². The summed E-state index contributed by atoms with van der Waals surface area (Å²) < 4.78 is 0. The molecule has 0 aliphatic heterocycles. The van der Waals surface area contributed by atoms with Crippen molar-refractivity contribution < 1.29 is 22.2 Å². The van der Waals surface area contributed by atoms with Gasteiger partial charge in [-0.05, 0) is 0 Å². The number of benzene rings is 1. The van der Waals surface area contributed by atoms with Crippen molar-refractivity contribution in [2.24, 2.45) is 0 Å². The number of aliphatic hydroxyl groups is 1. The maximum atomic E-state index is 8.52. The molecule has 1 N–H and O–H groups in total. The number of rotatable bonds is 1. The van der Waals surface area contributed by atoms with Crippen molar-refractivity contribution >= 4 is 0 Å². The maximum absolute atomic E-state index is 8.52. The van der Waals surface area contributed by atoms with Crippen molar-refractivity contribution in [3.8, 4) is 0 Å². The Morgan fingerprint density at radius 1 is 1.33 bits per heavy atom. The average molecular weight is 163 g/mol. The smallest absolute Gasteiger partial charge is 0.0461 e. The Morgan fingerprint density at radius 3 is 2.22 bits per heavy atom. The second kappa shape index (κ2) is 4.57. The molecule has 1 rings (SSSR count). The normalized spacial score (nSPS) is 8.11. The first kappa shape index (κ1) is 8.70. The van der Waals surface area contributed by atoms with E-state index in [0.29, 0.717) is 0 Å². The topological polar surface area (TPSA) is 20.2 Å². The predicted molar refractivity (Wildman–Crippen MR) is 31.2 cm³/mol. The molecular formula is C7H7FeO-. The van der Waals surface area contributed by atoms with Gasteiger partial charge in [-0.1, -0.05) is 0 Å². The molecule has 9 heavy (non-hydrogen) atoms. The zero-order chi connectivity index (χ0) is 5.82. The molecule has 1 aromatic rings. The van der Waals surface area contributed by atoms with Crippen LogP contribution >= 0.6 is 0 Å². The molecule has 50 valence electrons. The van der Waals surface area contributed by atoms with Gasteiger partial charge >= 0.3 is 0 Å². The van der Waals surface area contributed by atoms with Crippen LogP contribution in [0.2, 0.25) is 0 Å². The first-order chi connectivity index (χ1) is 3.93. The monoisotopic (exact) mass is 163 g/mol. The van der Waals surface area contributed by atoms with E-state index in [4.69, 9.17) is 5.11 Å². The van der Waals surface area contributed by atoms with Crippen molar-refractivity contribution in [2.75, 3.05) is 0 Å². The Balaban J connectivity index is 0.000000640. The van der Waals surface area contributed by atoms with Crippen molar-refractivity contribution in [1.82, 2.24) is 0 Å². The molecular weight excluding hydrogens is 156 g/mol. The molecule has 0 unspecified atom stereocenters. The van der Waals surface area contributed by atoms with Crippen LogP contribution in [0.5, 0.6) is 0 Å². The molecule has 0 heterocycles. The number of hydrogen-bond acceptors (Lipinski definition) is 1. The van der Waals surface area contributed by atoms with E-state index in [1.807, 2.05) is 12.1 Å². The van der Waals surface area contributed by atoms with Gasteiger partial charge in [0.1, 0.15) is 0 Å². The van der Waals surface area contributed by atoms with Gasteiger partial charge in [-0.25, -0.2) is 0 Å². The third-order valence-corrected chi connectivity index (χ3v) is 0.970. The van der Waals surface area contributed by atoms with Crippen molar-refractivity contribution in [3.63, 3.8) is 0 Å². The van der Waals surface area contributed by atoms with Gasteiger partial charge in [-0.3, -0.25) is 0 Å². The largest absolute Gasteiger partial charge is 0.394 e. The van der Waals surface area contributed by atoms with Crippen molar-refractivity contribution in [2.45, 2.75) is 6.61 Å². The number of hydrogen-bond donors (Lipinski definition) is 1. The third-order valence-electron chi connectivity index (χ3n) is 0.970. The molecule has 2 heteroatoms. The first-order valence-electron chi connectivity index (χ1n) is 2.49. The molecule has 0 spiro atoms. The van der Waals surface area contributed by atoms with Crippen LogP contribution in [-0.2, 0) is 23.7 Å². The maximum Gasteiger partial charge on any atom is 0.0461 e. The zero-order valence-electron chi connectivity index (χ0n) is 4.82. The summed E-state index contributed by atoms with van der Waals surface area (Å²) in [4.78, 5) is 0. The van der Waals surface area contributed by atoms with E-state index in [0.717, 1.165) is 5.56 Å². The average Bonchev–Trinajstić information content (AvgIpc) is 1.90. The minimum absolute atomic E-state index is 0. The molecule has 0 aliphatic carbocycles. The molecule has 0 aliphatic rings. The fourth-order valence-electron chi connectivity index (χ4n) is 0.527. The van der Waals surface area contributed by atoms with Crippen LogP contribution in [0.4, 0.5) is 0 Å². The van der Waals surface area contributed by atoms with E-state index in [9.17, 15) is 0 Å². The number of aliphatic hydroxyl groups excluding tert-OH is 1. The second-order valence-corrected chi connectivity index (χ2v) is 1.57. The summed E-state index contributed by atoms with van der Waals surface area (Å²) >= 11 is 0. The summed E-state index contributed by atoms with van der Waals surface area (Å²) in [7, 11) is 0.